The van der Waals surface area contributed by atoms with Gasteiger partial charge in [-0.2, -0.15) is 0 Å². The van der Waals surface area contributed by atoms with Crippen molar-refractivity contribution in [2.45, 2.75) is 19.4 Å². The molecule has 0 spiro atoms. The third-order valence-corrected chi connectivity index (χ3v) is 1.29. The summed E-state index contributed by atoms with van der Waals surface area (Å²) in [5.41, 5.74) is 0. The van der Waals surface area contributed by atoms with Crippen LogP contribution in [0.25, 0.3) is 0 Å². The Labute approximate surface area is 54.5 Å². The number of ether oxygens (including phenoxy) is 1. The molecule has 2 heteroatoms. The van der Waals surface area contributed by atoms with Gasteiger partial charge in [-0.15, -0.1) is 0 Å². The van der Waals surface area contributed by atoms with Crippen molar-refractivity contribution < 1.29 is 9.53 Å². The van der Waals surface area contributed by atoms with E-state index in [0.717, 1.165) is 0 Å². The molecule has 0 N–H and O–H groups in total. The van der Waals surface area contributed by atoms with E-state index >= 15 is 0 Å². The standard InChI is InChI=1S/C7H10O2/c1-2-3-7-4-6(8)5-9-7/h2-3,7H,4-5H2,1H3. The second-order valence-electron chi connectivity index (χ2n) is 2.12. The number of carbonyl (C=O) groups excluding carboxylic acids is 1. The van der Waals surface area contributed by atoms with E-state index in [1.54, 1.807) is 0 Å². The first-order valence-corrected chi connectivity index (χ1v) is 3.09. The third-order valence-electron chi connectivity index (χ3n) is 1.29. The highest BCUT2D eigenvalue weighted by Gasteiger charge is 2.19. The monoisotopic (exact) mass is 126 g/mol. The molecule has 1 saturated heterocycles. The maximum Gasteiger partial charge on any atom is 0.161 e. The summed E-state index contributed by atoms with van der Waals surface area (Å²) in [6, 6.07) is 0. The van der Waals surface area contributed by atoms with Gasteiger partial charge in [-0.1, -0.05) is 12.2 Å². The highest BCUT2D eigenvalue weighted by atomic mass is 16.5. The van der Waals surface area contributed by atoms with Gasteiger partial charge in [0.15, 0.2) is 5.78 Å². The summed E-state index contributed by atoms with van der Waals surface area (Å²) in [5, 5.41) is 0. The average molecular weight is 126 g/mol. The van der Waals surface area contributed by atoms with E-state index in [9.17, 15) is 4.79 Å². The fourth-order valence-electron chi connectivity index (χ4n) is 0.880. The second-order valence-corrected chi connectivity index (χ2v) is 2.12. The van der Waals surface area contributed by atoms with E-state index in [1.807, 2.05) is 19.1 Å². The van der Waals surface area contributed by atoms with Crippen LogP contribution in [0.2, 0.25) is 0 Å². The lowest BCUT2D eigenvalue weighted by atomic mass is 10.2. The van der Waals surface area contributed by atoms with E-state index in [2.05, 4.69) is 0 Å². The summed E-state index contributed by atoms with van der Waals surface area (Å²) in [6.07, 6.45) is 4.43. The number of allylic oxidation sites excluding steroid dienone is 1. The van der Waals surface area contributed by atoms with Gasteiger partial charge < -0.3 is 4.74 Å². The zero-order valence-electron chi connectivity index (χ0n) is 5.46. The fraction of sp³-hybridized carbons (Fsp3) is 0.571. The molecule has 1 unspecified atom stereocenters. The quantitative estimate of drug-likeness (QED) is 0.488. The van der Waals surface area contributed by atoms with Gasteiger partial charge in [0.2, 0.25) is 0 Å². The Hall–Kier alpha value is -0.630. The molecule has 0 bridgehead atoms. The van der Waals surface area contributed by atoms with Crippen molar-refractivity contribution in [3.63, 3.8) is 0 Å². The number of Topliss-reactive ketones (excluding diaryl/α,β-unsaturated/α-hetero) is 1. The van der Waals surface area contributed by atoms with E-state index in [4.69, 9.17) is 4.74 Å². The smallest absolute Gasteiger partial charge is 0.161 e. The zero-order valence-corrected chi connectivity index (χ0v) is 5.46. The normalized spacial score (nSPS) is 28.1. The lowest BCUT2D eigenvalue weighted by Crippen LogP contribution is -1.98. The van der Waals surface area contributed by atoms with Crippen molar-refractivity contribution >= 4 is 5.78 Å². The average Bonchev–Trinajstić information content (AvgIpc) is 2.17. The Morgan fingerprint density at radius 3 is 3.00 bits per heavy atom. The molecule has 1 fully saturated rings. The van der Waals surface area contributed by atoms with Crippen LogP contribution in [-0.4, -0.2) is 18.5 Å². The summed E-state index contributed by atoms with van der Waals surface area (Å²) in [6.45, 7) is 2.22. The molecule has 1 rings (SSSR count). The van der Waals surface area contributed by atoms with Crippen LogP contribution in [0.5, 0.6) is 0 Å². The molecule has 50 valence electrons. The van der Waals surface area contributed by atoms with Crippen LogP contribution in [0.1, 0.15) is 13.3 Å². The van der Waals surface area contributed by atoms with Crippen LogP contribution >= 0.6 is 0 Å². The van der Waals surface area contributed by atoms with Crippen molar-refractivity contribution in [1.82, 2.24) is 0 Å². The Morgan fingerprint density at radius 2 is 2.56 bits per heavy atom. The van der Waals surface area contributed by atoms with Crippen LogP contribution in [0.4, 0.5) is 0 Å². The van der Waals surface area contributed by atoms with Gasteiger partial charge in [-0.25, -0.2) is 0 Å². The minimum Gasteiger partial charge on any atom is -0.366 e. The van der Waals surface area contributed by atoms with Crippen LogP contribution in [-0.2, 0) is 9.53 Å². The summed E-state index contributed by atoms with van der Waals surface area (Å²) < 4.78 is 5.07. The van der Waals surface area contributed by atoms with Crippen molar-refractivity contribution in [3.8, 4) is 0 Å². The van der Waals surface area contributed by atoms with Gasteiger partial charge in [-0.05, 0) is 6.92 Å². The number of ketones is 1. The largest absolute Gasteiger partial charge is 0.366 e. The first-order chi connectivity index (χ1) is 4.33. The molecular weight excluding hydrogens is 116 g/mol. The molecule has 0 aliphatic carbocycles. The van der Waals surface area contributed by atoms with Crippen LogP contribution < -0.4 is 0 Å². The molecule has 9 heavy (non-hydrogen) atoms. The molecule has 0 aromatic rings. The van der Waals surface area contributed by atoms with Crippen molar-refractivity contribution in [2.75, 3.05) is 6.61 Å². The summed E-state index contributed by atoms with van der Waals surface area (Å²) >= 11 is 0. The second kappa shape index (κ2) is 2.78. The molecule has 1 atom stereocenters. The first kappa shape index (κ1) is 6.49. The Morgan fingerprint density at radius 1 is 1.78 bits per heavy atom. The first-order valence-electron chi connectivity index (χ1n) is 3.09. The summed E-state index contributed by atoms with van der Waals surface area (Å²) in [5.74, 6) is 0.207. The van der Waals surface area contributed by atoms with E-state index < -0.39 is 0 Å². The summed E-state index contributed by atoms with van der Waals surface area (Å²) in [4.78, 5) is 10.6. The minimum atomic E-state index is 0.0579. The van der Waals surface area contributed by atoms with Crippen molar-refractivity contribution in [3.05, 3.63) is 12.2 Å². The molecule has 0 radical (unpaired) electrons. The third kappa shape index (κ3) is 1.64. The van der Waals surface area contributed by atoms with Crippen LogP contribution in [0, 0.1) is 0 Å². The van der Waals surface area contributed by atoms with E-state index in [0.29, 0.717) is 13.0 Å². The van der Waals surface area contributed by atoms with Crippen LogP contribution in [0.3, 0.4) is 0 Å². The molecule has 0 amide bonds. The summed E-state index contributed by atoms with van der Waals surface area (Å²) in [7, 11) is 0. The van der Waals surface area contributed by atoms with Crippen molar-refractivity contribution in [1.29, 1.82) is 0 Å². The number of carbonyl (C=O) groups is 1. The molecule has 1 heterocycles. The van der Waals surface area contributed by atoms with E-state index in [-0.39, 0.29) is 11.9 Å². The molecule has 2 nitrogen and oxygen atoms in total. The van der Waals surface area contributed by atoms with E-state index in [1.165, 1.54) is 0 Å². The zero-order chi connectivity index (χ0) is 6.69. The highest BCUT2D eigenvalue weighted by molar-refractivity contribution is 5.82. The SMILES string of the molecule is CC=CC1CC(=O)CO1. The van der Waals surface area contributed by atoms with Gasteiger partial charge in [0, 0.05) is 6.42 Å². The maximum atomic E-state index is 10.6. The number of rotatable bonds is 1. The van der Waals surface area contributed by atoms with Gasteiger partial charge in [0.25, 0.3) is 0 Å². The molecule has 1 aliphatic heterocycles. The van der Waals surface area contributed by atoms with Gasteiger partial charge in [-0.3, -0.25) is 4.79 Å². The Kier molecular flexibility index (Phi) is 2.01. The van der Waals surface area contributed by atoms with Gasteiger partial charge in [0.05, 0.1) is 6.10 Å². The number of hydrogen-bond acceptors (Lipinski definition) is 2. The molecular formula is C7H10O2. The minimum absolute atomic E-state index is 0.0579. The molecule has 0 aromatic heterocycles. The fourth-order valence-corrected chi connectivity index (χ4v) is 0.880. The topological polar surface area (TPSA) is 26.3 Å². The van der Waals surface area contributed by atoms with Crippen molar-refractivity contribution in [2.24, 2.45) is 0 Å². The maximum absolute atomic E-state index is 10.6. The molecule has 0 saturated carbocycles. The van der Waals surface area contributed by atoms with Crippen LogP contribution in [0.15, 0.2) is 12.2 Å². The highest BCUT2D eigenvalue weighted by Crippen LogP contribution is 2.09. The predicted octanol–water partition coefficient (Wildman–Crippen LogP) is 0.921. The predicted molar refractivity (Wildman–Crippen MR) is 34.2 cm³/mol. The molecule has 0 aromatic carbocycles. The Bertz CT molecular complexity index is 138. The lowest BCUT2D eigenvalue weighted by Gasteiger charge is -1.97. The Balaban J connectivity index is 2.39. The number of hydrogen-bond donors (Lipinski definition) is 0. The van der Waals surface area contributed by atoms with Gasteiger partial charge >= 0.3 is 0 Å². The lowest BCUT2D eigenvalue weighted by molar-refractivity contribution is -0.117. The van der Waals surface area contributed by atoms with Gasteiger partial charge in [0.1, 0.15) is 6.61 Å². The molecule has 1 aliphatic rings.